The van der Waals surface area contributed by atoms with Gasteiger partial charge >= 0.3 is 11.8 Å². The lowest BCUT2D eigenvalue weighted by Gasteiger charge is -2.36. The number of primary amides is 1. The van der Waals surface area contributed by atoms with Gasteiger partial charge in [0.25, 0.3) is 0 Å². The highest BCUT2D eigenvalue weighted by molar-refractivity contribution is 6.01. The Morgan fingerprint density at radius 1 is 1.04 bits per heavy atom. The van der Waals surface area contributed by atoms with Crippen molar-refractivity contribution in [2.75, 3.05) is 11.4 Å². The van der Waals surface area contributed by atoms with E-state index >= 15 is 0 Å². The fraction of sp³-hybridized carbons (Fsp3) is 0.389. The van der Waals surface area contributed by atoms with Crippen LogP contribution in [0.3, 0.4) is 0 Å². The van der Waals surface area contributed by atoms with Crippen molar-refractivity contribution >= 4 is 23.6 Å². The number of anilines is 1. The number of aromatic nitrogens is 4. The van der Waals surface area contributed by atoms with Crippen LogP contribution < -0.4 is 21.6 Å². The molecule has 2 heterocycles. The molecule has 0 unspecified atom stereocenters. The maximum atomic E-state index is 14.4. The summed E-state index contributed by atoms with van der Waals surface area (Å²) in [6.07, 6.45) is 5.98. The molecule has 2 aromatic heterocycles. The molecule has 1 saturated carbocycles. The van der Waals surface area contributed by atoms with Crippen molar-refractivity contribution in [3.63, 3.8) is 0 Å². The van der Waals surface area contributed by atoms with Gasteiger partial charge in [0.15, 0.2) is 5.82 Å². The summed E-state index contributed by atoms with van der Waals surface area (Å²) in [4.78, 5) is 59.8. The highest BCUT2D eigenvalue weighted by Crippen LogP contribution is 2.33. The van der Waals surface area contributed by atoms with Gasteiger partial charge in [0, 0.05) is 42.5 Å². The van der Waals surface area contributed by atoms with Gasteiger partial charge in [-0.3, -0.25) is 24.5 Å². The SMILES string of the molecule is Cc1cnccc1-c1cccc(C[C@@H](C(N)=O)N(C(=O)C2CCC(CNC(=O)OC(C)(C)C)CC2)c2ccc(-c3n[nH]c(=O)[nH]3)cc2)c1. The summed E-state index contributed by atoms with van der Waals surface area (Å²) in [7, 11) is 0. The molecule has 0 spiro atoms. The van der Waals surface area contributed by atoms with Crippen molar-refractivity contribution < 1.29 is 19.1 Å². The van der Waals surface area contributed by atoms with Crippen LogP contribution in [0.25, 0.3) is 22.5 Å². The van der Waals surface area contributed by atoms with Crippen molar-refractivity contribution in [1.29, 1.82) is 0 Å². The van der Waals surface area contributed by atoms with Gasteiger partial charge in [-0.15, -0.1) is 0 Å². The number of H-pyrrole nitrogens is 2. The van der Waals surface area contributed by atoms with E-state index < -0.39 is 29.3 Å². The molecule has 2 aromatic carbocycles. The molecule has 1 aliphatic carbocycles. The predicted octanol–water partition coefficient (Wildman–Crippen LogP) is 4.90. The molecule has 48 heavy (non-hydrogen) atoms. The monoisotopic (exact) mass is 653 g/mol. The molecule has 0 bridgehead atoms. The summed E-state index contributed by atoms with van der Waals surface area (Å²) < 4.78 is 5.36. The zero-order valence-electron chi connectivity index (χ0n) is 27.8. The normalized spacial score (nSPS) is 16.9. The second-order valence-corrected chi connectivity index (χ2v) is 13.4. The lowest BCUT2D eigenvalue weighted by molar-refractivity contribution is -0.127. The van der Waals surface area contributed by atoms with Crippen LogP contribution >= 0.6 is 0 Å². The zero-order valence-corrected chi connectivity index (χ0v) is 27.8. The number of amides is 3. The number of alkyl carbamates (subject to hydrolysis) is 1. The number of aromatic amines is 2. The van der Waals surface area contributed by atoms with E-state index in [-0.39, 0.29) is 24.2 Å². The van der Waals surface area contributed by atoms with Crippen molar-refractivity contribution in [3.05, 3.63) is 88.6 Å². The number of pyridine rings is 1. The van der Waals surface area contributed by atoms with E-state index in [0.29, 0.717) is 36.5 Å². The molecule has 1 fully saturated rings. The third-order valence-corrected chi connectivity index (χ3v) is 8.61. The number of rotatable bonds is 10. The first-order valence-electron chi connectivity index (χ1n) is 16.2. The Balaban J connectivity index is 1.39. The Labute approximate surface area is 279 Å². The molecule has 5 rings (SSSR count). The Morgan fingerprint density at radius 2 is 1.77 bits per heavy atom. The molecular formula is C36H43N7O5. The number of aryl methyl sites for hydroxylation is 1. The average Bonchev–Trinajstić information content (AvgIpc) is 3.49. The molecular weight excluding hydrogens is 610 g/mol. The van der Waals surface area contributed by atoms with E-state index in [1.54, 1.807) is 36.7 Å². The zero-order chi connectivity index (χ0) is 34.4. The lowest BCUT2D eigenvalue weighted by Crippen LogP contribution is -2.52. The van der Waals surface area contributed by atoms with E-state index in [1.807, 2.05) is 58.0 Å². The van der Waals surface area contributed by atoms with Gasteiger partial charge in [-0.2, -0.15) is 5.10 Å². The molecule has 252 valence electrons. The van der Waals surface area contributed by atoms with Crippen LogP contribution in [-0.2, 0) is 20.7 Å². The summed E-state index contributed by atoms with van der Waals surface area (Å²) in [5.74, 6) is -0.573. The van der Waals surface area contributed by atoms with E-state index in [9.17, 15) is 19.2 Å². The maximum absolute atomic E-state index is 14.4. The van der Waals surface area contributed by atoms with Crippen LogP contribution in [-0.4, -0.2) is 56.3 Å². The smallest absolute Gasteiger partial charge is 0.407 e. The van der Waals surface area contributed by atoms with Crippen molar-refractivity contribution in [2.24, 2.45) is 17.6 Å². The highest BCUT2D eigenvalue weighted by atomic mass is 16.6. The Bertz CT molecular complexity index is 1800. The molecule has 1 aliphatic rings. The minimum atomic E-state index is -0.964. The number of carbonyl (C=O) groups is 3. The first-order chi connectivity index (χ1) is 22.9. The standard InChI is InChI=1S/C36H43N7O5/c1-22-20-38-17-16-29(22)27-7-5-6-24(18-27)19-30(31(37)44)43(28-14-12-25(13-15-28)32-40-34(46)42-41-32)33(45)26-10-8-23(9-11-26)21-39-35(47)48-36(2,3)4/h5-7,12-18,20,23,26,30H,8-11,19,21H2,1-4H3,(H2,37,44)(H,39,47)(H2,40,41,42,46)/t23?,26?,30-/m0/s1. The Kier molecular flexibility index (Phi) is 10.4. The third-order valence-electron chi connectivity index (χ3n) is 8.61. The van der Waals surface area contributed by atoms with Gasteiger partial charge in [-0.25, -0.2) is 14.7 Å². The van der Waals surface area contributed by atoms with E-state index in [1.165, 1.54) is 4.90 Å². The van der Waals surface area contributed by atoms with Crippen LogP contribution in [0.5, 0.6) is 0 Å². The highest BCUT2D eigenvalue weighted by Gasteiger charge is 2.36. The van der Waals surface area contributed by atoms with Gasteiger partial charge in [0.2, 0.25) is 11.8 Å². The number of nitrogens with two attached hydrogens (primary N) is 1. The molecule has 0 aliphatic heterocycles. The second-order valence-electron chi connectivity index (χ2n) is 13.4. The minimum Gasteiger partial charge on any atom is -0.444 e. The fourth-order valence-corrected chi connectivity index (χ4v) is 6.21. The van der Waals surface area contributed by atoms with Gasteiger partial charge in [-0.05, 0) is 112 Å². The van der Waals surface area contributed by atoms with Crippen LogP contribution in [0.15, 0.2) is 71.8 Å². The Hall–Kier alpha value is -5.26. The largest absolute Gasteiger partial charge is 0.444 e. The minimum absolute atomic E-state index is 0.181. The molecule has 12 nitrogen and oxygen atoms in total. The van der Waals surface area contributed by atoms with E-state index in [2.05, 4.69) is 25.5 Å². The summed E-state index contributed by atoms with van der Waals surface area (Å²) >= 11 is 0. The first-order valence-corrected chi connectivity index (χ1v) is 16.2. The van der Waals surface area contributed by atoms with E-state index in [0.717, 1.165) is 35.1 Å². The maximum Gasteiger partial charge on any atom is 0.407 e. The fourth-order valence-electron chi connectivity index (χ4n) is 6.21. The molecule has 0 saturated heterocycles. The lowest BCUT2D eigenvalue weighted by atomic mass is 9.81. The number of nitrogens with one attached hydrogen (secondary N) is 3. The van der Waals surface area contributed by atoms with Crippen LogP contribution in [0.4, 0.5) is 10.5 Å². The summed E-state index contributed by atoms with van der Waals surface area (Å²) in [5.41, 5.74) is 10.1. The predicted molar refractivity (Wildman–Crippen MR) is 183 cm³/mol. The number of nitrogens with zero attached hydrogens (tertiary/aromatic N) is 3. The van der Waals surface area contributed by atoms with Crippen LogP contribution in [0, 0.1) is 18.8 Å². The quantitative estimate of drug-likeness (QED) is 0.188. The molecule has 12 heteroatoms. The van der Waals surface area contributed by atoms with Crippen LogP contribution in [0.2, 0.25) is 0 Å². The van der Waals surface area contributed by atoms with Crippen molar-refractivity contribution in [2.45, 2.75) is 71.4 Å². The molecule has 5 N–H and O–H groups in total. The summed E-state index contributed by atoms with van der Waals surface area (Å²) in [5, 5.41) is 9.20. The summed E-state index contributed by atoms with van der Waals surface area (Å²) in [6, 6.07) is 15.8. The van der Waals surface area contributed by atoms with Crippen LogP contribution in [0.1, 0.15) is 57.6 Å². The number of ether oxygens (including phenoxy) is 1. The van der Waals surface area contributed by atoms with Gasteiger partial charge in [-0.1, -0.05) is 24.3 Å². The van der Waals surface area contributed by atoms with Crippen molar-refractivity contribution in [3.8, 4) is 22.5 Å². The first kappa shape index (κ1) is 34.1. The van der Waals surface area contributed by atoms with Gasteiger partial charge in [0.05, 0.1) is 0 Å². The number of hydrogen-bond donors (Lipinski definition) is 4. The number of benzene rings is 2. The topological polar surface area (TPSA) is 176 Å². The van der Waals surface area contributed by atoms with Gasteiger partial charge < -0.3 is 15.8 Å². The van der Waals surface area contributed by atoms with Crippen molar-refractivity contribution in [1.82, 2.24) is 25.5 Å². The molecule has 3 amide bonds. The van der Waals surface area contributed by atoms with Gasteiger partial charge in [0.1, 0.15) is 11.6 Å². The van der Waals surface area contributed by atoms with E-state index in [4.69, 9.17) is 10.5 Å². The molecule has 0 radical (unpaired) electrons. The molecule has 1 atom stereocenters. The third kappa shape index (κ3) is 8.55. The molecule has 4 aromatic rings. The number of hydrogen-bond acceptors (Lipinski definition) is 7. The average molecular weight is 654 g/mol. The number of carbonyl (C=O) groups excluding carboxylic acids is 3. The second kappa shape index (κ2) is 14.7. The Morgan fingerprint density at radius 3 is 2.40 bits per heavy atom. The summed E-state index contributed by atoms with van der Waals surface area (Å²) in [6.45, 7) is 7.91.